The highest BCUT2D eigenvalue weighted by molar-refractivity contribution is 9.10. The minimum Gasteiger partial charge on any atom is -0.316 e. The van der Waals surface area contributed by atoms with Crippen molar-refractivity contribution in [2.75, 3.05) is 12.8 Å². The highest BCUT2D eigenvalue weighted by Gasteiger charge is 2.11. The number of benzene rings is 1. The first-order chi connectivity index (χ1) is 8.02. The van der Waals surface area contributed by atoms with Crippen LogP contribution in [0.4, 0.5) is 4.39 Å². The third-order valence-corrected chi connectivity index (χ3v) is 4.28. The number of nitrogens with one attached hydrogen (secondary N) is 1. The maximum Gasteiger partial charge on any atom is 0.127 e. The normalized spacial score (nSPS) is 13.1. The van der Waals surface area contributed by atoms with Crippen molar-refractivity contribution in [3.8, 4) is 0 Å². The zero-order valence-corrected chi connectivity index (χ0v) is 12.9. The second-order valence-electron chi connectivity index (χ2n) is 4.31. The van der Waals surface area contributed by atoms with Crippen LogP contribution in [0.2, 0.25) is 0 Å². The molecule has 4 heteroatoms. The quantitative estimate of drug-likeness (QED) is 0.854. The van der Waals surface area contributed by atoms with Crippen molar-refractivity contribution >= 4 is 27.7 Å². The van der Waals surface area contributed by atoms with Gasteiger partial charge < -0.3 is 5.32 Å². The molecule has 1 atom stereocenters. The molecule has 0 radical (unpaired) electrons. The number of likely N-dealkylation sites (N-methyl/N-ethyl adjacent to an activating group) is 1. The van der Waals surface area contributed by atoms with Crippen LogP contribution in [0.15, 0.2) is 22.7 Å². The van der Waals surface area contributed by atoms with E-state index in [0.29, 0.717) is 11.3 Å². The van der Waals surface area contributed by atoms with Gasteiger partial charge in [0.05, 0.1) is 0 Å². The van der Waals surface area contributed by atoms with Crippen LogP contribution in [0.5, 0.6) is 0 Å². The van der Waals surface area contributed by atoms with E-state index in [0.717, 1.165) is 22.2 Å². The van der Waals surface area contributed by atoms with Crippen molar-refractivity contribution in [3.63, 3.8) is 0 Å². The molecule has 0 saturated heterocycles. The molecule has 0 spiro atoms. The Labute approximate surface area is 116 Å². The molecule has 0 heterocycles. The first-order valence-corrected chi connectivity index (χ1v) is 7.60. The fourth-order valence-electron chi connectivity index (χ4n) is 1.51. The van der Waals surface area contributed by atoms with E-state index in [2.05, 4.69) is 35.1 Å². The maximum atomic E-state index is 13.7. The van der Waals surface area contributed by atoms with Gasteiger partial charge in [0.25, 0.3) is 0 Å². The van der Waals surface area contributed by atoms with Crippen LogP contribution >= 0.6 is 27.7 Å². The summed E-state index contributed by atoms with van der Waals surface area (Å²) in [4.78, 5) is 0. The molecular formula is C13H19BrFNS. The van der Waals surface area contributed by atoms with Crippen LogP contribution in [-0.4, -0.2) is 24.1 Å². The minimum absolute atomic E-state index is 0.130. The van der Waals surface area contributed by atoms with Crippen molar-refractivity contribution in [2.24, 2.45) is 0 Å². The summed E-state index contributed by atoms with van der Waals surface area (Å²) in [6.45, 7) is 4.36. The minimum atomic E-state index is -0.130. The van der Waals surface area contributed by atoms with Gasteiger partial charge >= 0.3 is 0 Å². The highest BCUT2D eigenvalue weighted by atomic mass is 79.9. The zero-order chi connectivity index (χ0) is 12.8. The summed E-state index contributed by atoms with van der Waals surface area (Å²) >= 11 is 5.17. The molecule has 1 rings (SSSR count). The Bertz CT molecular complexity index is 357. The third-order valence-electron chi connectivity index (χ3n) is 2.52. The van der Waals surface area contributed by atoms with Crippen molar-refractivity contribution in [1.29, 1.82) is 0 Å². The van der Waals surface area contributed by atoms with Gasteiger partial charge in [0.1, 0.15) is 5.82 Å². The van der Waals surface area contributed by atoms with Gasteiger partial charge in [-0.25, -0.2) is 4.39 Å². The van der Waals surface area contributed by atoms with E-state index < -0.39 is 0 Å². The topological polar surface area (TPSA) is 12.0 Å². The Morgan fingerprint density at radius 3 is 2.65 bits per heavy atom. The predicted molar refractivity (Wildman–Crippen MR) is 78.2 cm³/mol. The van der Waals surface area contributed by atoms with E-state index in [9.17, 15) is 4.39 Å². The van der Waals surface area contributed by atoms with E-state index in [4.69, 9.17) is 0 Å². The van der Waals surface area contributed by atoms with Gasteiger partial charge in [-0.05, 0) is 36.4 Å². The summed E-state index contributed by atoms with van der Waals surface area (Å²) in [7, 11) is 1.93. The fourth-order valence-corrected chi connectivity index (χ4v) is 2.74. The van der Waals surface area contributed by atoms with Crippen LogP contribution < -0.4 is 5.32 Å². The van der Waals surface area contributed by atoms with Gasteiger partial charge in [0.15, 0.2) is 0 Å². The number of hydrogen-bond acceptors (Lipinski definition) is 2. The lowest BCUT2D eigenvalue weighted by Crippen LogP contribution is -2.30. The Hall–Kier alpha value is -0.0600. The van der Waals surface area contributed by atoms with Crippen molar-refractivity contribution < 1.29 is 4.39 Å². The molecule has 0 bridgehead atoms. The summed E-state index contributed by atoms with van der Waals surface area (Å²) in [5.74, 6) is 0.873. The molecule has 0 aliphatic heterocycles. The van der Waals surface area contributed by atoms with Crippen LogP contribution in [0.3, 0.4) is 0 Å². The summed E-state index contributed by atoms with van der Waals surface area (Å²) in [5.41, 5.74) is 0.775. The monoisotopic (exact) mass is 319 g/mol. The second-order valence-corrected chi connectivity index (χ2v) is 6.83. The second kappa shape index (κ2) is 7.39. The fraction of sp³-hybridized carbons (Fsp3) is 0.538. The number of halogens is 2. The third kappa shape index (κ3) is 5.40. The van der Waals surface area contributed by atoms with Crippen molar-refractivity contribution in [3.05, 3.63) is 34.1 Å². The molecule has 1 unspecified atom stereocenters. The number of hydrogen-bond donors (Lipinski definition) is 1. The van der Waals surface area contributed by atoms with E-state index >= 15 is 0 Å². The summed E-state index contributed by atoms with van der Waals surface area (Å²) in [5, 5.41) is 3.86. The molecular weight excluding hydrogens is 301 g/mol. The molecule has 0 amide bonds. The lowest BCUT2D eigenvalue weighted by atomic mass is 10.1. The van der Waals surface area contributed by atoms with Gasteiger partial charge in [0.2, 0.25) is 0 Å². The molecule has 1 aromatic rings. The van der Waals surface area contributed by atoms with Crippen molar-refractivity contribution in [2.45, 2.75) is 31.6 Å². The van der Waals surface area contributed by atoms with E-state index in [1.54, 1.807) is 0 Å². The summed E-state index contributed by atoms with van der Waals surface area (Å²) in [6.07, 6.45) is 0.731. The lowest BCUT2D eigenvalue weighted by Gasteiger charge is -2.17. The molecule has 17 heavy (non-hydrogen) atoms. The molecule has 1 nitrogen and oxygen atoms in total. The highest BCUT2D eigenvalue weighted by Crippen LogP contribution is 2.18. The van der Waals surface area contributed by atoms with Crippen LogP contribution in [0.1, 0.15) is 19.4 Å². The summed E-state index contributed by atoms with van der Waals surface area (Å²) < 4.78 is 14.5. The molecule has 0 aromatic heterocycles. The Morgan fingerprint density at radius 2 is 2.12 bits per heavy atom. The van der Waals surface area contributed by atoms with Crippen LogP contribution in [0, 0.1) is 5.82 Å². The largest absolute Gasteiger partial charge is 0.316 e. The van der Waals surface area contributed by atoms with E-state index in [-0.39, 0.29) is 5.82 Å². The van der Waals surface area contributed by atoms with Gasteiger partial charge in [0, 0.05) is 16.3 Å². The lowest BCUT2D eigenvalue weighted by molar-refractivity contribution is 0.567. The molecule has 0 fully saturated rings. The first-order valence-electron chi connectivity index (χ1n) is 5.75. The molecule has 96 valence electrons. The standard InChI is InChI=1S/C13H19BrFNS/c1-9(2)17-8-12(16-3)6-10-4-5-11(14)7-13(10)15/h4-5,7,9,12,16H,6,8H2,1-3H3. The Kier molecular flexibility index (Phi) is 6.52. The van der Waals surface area contributed by atoms with Gasteiger partial charge in [-0.15, -0.1) is 0 Å². The van der Waals surface area contributed by atoms with Crippen molar-refractivity contribution in [1.82, 2.24) is 5.32 Å². The predicted octanol–water partition coefficient (Wildman–Crippen LogP) is 3.86. The number of rotatable bonds is 6. The Balaban J connectivity index is 2.60. The van der Waals surface area contributed by atoms with Gasteiger partial charge in [-0.1, -0.05) is 35.8 Å². The Morgan fingerprint density at radius 1 is 1.41 bits per heavy atom. The zero-order valence-electron chi connectivity index (χ0n) is 10.5. The first kappa shape index (κ1) is 15.0. The van der Waals surface area contributed by atoms with Gasteiger partial charge in [-0.2, -0.15) is 11.8 Å². The van der Waals surface area contributed by atoms with Gasteiger partial charge in [-0.3, -0.25) is 0 Å². The average molecular weight is 320 g/mol. The smallest absolute Gasteiger partial charge is 0.127 e. The molecule has 0 aliphatic carbocycles. The van der Waals surface area contributed by atoms with E-state index in [1.165, 1.54) is 6.07 Å². The van der Waals surface area contributed by atoms with Crippen LogP contribution in [0.25, 0.3) is 0 Å². The molecule has 1 aromatic carbocycles. The molecule has 1 N–H and O–H groups in total. The SMILES string of the molecule is CNC(CSC(C)C)Cc1ccc(Br)cc1F. The van der Waals surface area contributed by atoms with E-state index in [1.807, 2.05) is 30.9 Å². The average Bonchev–Trinajstić information content (AvgIpc) is 2.26. The summed E-state index contributed by atoms with van der Waals surface area (Å²) in [6, 6.07) is 5.58. The molecule has 0 aliphatic rings. The van der Waals surface area contributed by atoms with Crippen LogP contribution in [-0.2, 0) is 6.42 Å². The molecule has 0 saturated carbocycles. The number of thioether (sulfide) groups is 1. The maximum absolute atomic E-state index is 13.7.